The molecule has 3 rings (SSSR count). The summed E-state index contributed by atoms with van der Waals surface area (Å²) >= 11 is 0. The van der Waals surface area contributed by atoms with E-state index in [9.17, 15) is 9.59 Å². The number of amides is 1. The summed E-state index contributed by atoms with van der Waals surface area (Å²) in [6, 6.07) is 26.6. The average Bonchev–Trinajstić information content (AvgIpc) is 2.69. The minimum absolute atomic E-state index is 0.129. The van der Waals surface area contributed by atoms with Gasteiger partial charge in [0.2, 0.25) is 5.91 Å². The van der Waals surface area contributed by atoms with Crippen LogP contribution in [0.4, 0.5) is 5.69 Å². The Morgan fingerprint density at radius 1 is 0.815 bits per heavy atom. The van der Waals surface area contributed by atoms with Gasteiger partial charge in [0, 0.05) is 12.6 Å². The smallest absolute Gasteiger partial charge is 0.311 e. The second kappa shape index (κ2) is 8.81. The first-order chi connectivity index (χ1) is 13.1. The molecule has 3 aromatic rings. The highest BCUT2D eigenvalue weighted by Gasteiger charge is 2.19. The summed E-state index contributed by atoms with van der Waals surface area (Å²) < 4.78 is 5.81. The van der Waals surface area contributed by atoms with Crippen molar-refractivity contribution in [3.63, 3.8) is 0 Å². The largest absolute Gasteiger partial charge is 0.452 e. The number of nitrogens with one attached hydrogen (secondary N) is 1. The first-order valence-electron chi connectivity index (χ1n) is 8.78. The lowest BCUT2D eigenvalue weighted by molar-refractivity contribution is -0.146. The lowest BCUT2D eigenvalue weighted by Crippen LogP contribution is -2.14. The molecule has 3 aromatic carbocycles. The summed E-state index contributed by atoms with van der Waals surface area (Å²) in [5.41, 5.74) is 3.39. The monoisotopic (exact) mass is 359 g/mol. The van der Waals surface area contributed by atoms with Gasteiger partial charge in [0.05, 0.1) is 6.42 Å². The molecule has 1 amide bonds. The van der Waals surface area contributed by atoms with E-state index in [1.807, 2.05) is 72.8 Å². The Bertz CT molecular complexity index is 850. The van der Waals surface area contributed by atoms with E-state index in [4.69, 9.17) is 4.74 Å². The number of hydrogen-bond donors (Lipinski definition) is 1. The summed E-state index contributed by atoms with van der Waals surface area (Å²) in [5.74, 6) is -0.435. The molecule has 27 heavy (non-hydrogen) atoms. The highest BCUT2D eigenvalue weighted by molar-refractivity contribution is 5.88. The van der Waals surface area contributed by atoms with Crippen LogP contribution >= 0.6 is 0 Å². The van der Waals surface area contributed by atoms with Gasteiger partial charge in [0.1, 0.15) is 0 Å². The van der Waals surface area contributed by atoms with Crippen LogP contribution in [0.15, 0.2) is 84.9 Å². The van der Waals surface area contributed by atoms with Crippen LogP contribution in [0.1, 0.15) is 29.7 Å². The summed E-state index contributed by atoms with van der Waals surface area (Å²) in [6.45, 7) is 1.46. The van der Waals surface area contributed by atoms with Crippen molar-refractivity contribution in [3.8, 4) is 0 Å². The lowest BCUT2D eigenvalue weighted by Gasteiger charge is -2.19. The van der Waals surface area contributed by atoms with Crippen molar-refractivity contribution < 1.29 is 14.3 Å². The fourth-order valence-electron chi connectivity index (χ4n) is 2.83. The number of esters is 1. The molecule has 0 atom stereocenters. The van der Waals surface area contributed by atoms with Gasteiger partial charge in [0.15, 0.2) is 6.10 Å². The zero-order chi connectivity index (χ0) is 19.1. The third kappa shape index (κ3) is 5.28. The molecule has 136 valence electrons. The third-order valence-electron chi connectivity index (χ3n) is 4.08. The molecular weight excluding hydrogens is 338 g/mol. The van der Waals surface area contributed by atoms with Crippen molar-refractivity contribution >= 4 is 17.6 Å². The minimum Gasteiger partial charge on any atom is -0.452 e. The van der Waals surface area contributed by atoms with Gasteiger partial charge < -0.3 is 10.1 Å². The normalized spacial score (nSPS) is 10.4. The van der Waals surface area contributed by atoms with Crippen LogP contribution in [-0.4, -0.2) is 11.9 Å². The SMILES string of the molecule is CC(=O)Nc1ccc(CC(=O)OC(c2ccccc2)c2ccccc2)cc1. The van der Waals surface area contributed by atoms with Crippen molar-refractivity contribution in [2.24, 2.45) is 0 Å². The van der Waals surface area contributed by atoms with E-state index >= 15 is 0 Å². The van der Waals surface area contributed by atoms with Crippen LogP contribution in [0.2, 0.25) is 0 Å². The molecule has 0 aliphatic heterocycles. The van der Waals surface area contributed by atoms with Gasteiger partial charge in [0.25, 0.3) is 0 Å². The van der Waals surface area contributed by atoms with Gasteiger partial charge in [-0.2, -0.15) is 0 Å². The third-order valence-corrected chi connectivity index (χ3v) is 4.08. The average molecular weight is 359 g/mol. The Hall–Kier alpha value is -3.40. The summed E-state index contributed by atoms with van der Waals surface area (Å²) in [6.07, 6.45) is -0.283. The van der Waals surface area contributed by atoms with E-state index in [1.165, 1.54) is 6.92 Å². The fraction of sp³-hybridized carbons (Fsp3) is 0.130. The number of ether oxygens (including phenoxy) is 1. The molecule has 0 aromatic heterocycles. The van der Waals surface area contributed by atoms with Crippen molar-refractivity contribution in [3.05, 3.63) is 102 Å². The number of hydrogen-bond acceptors (Lipinski definition) is 3. The summed E-state index contributed by atoms with van der Waals surface area (Å²) in [7, 11) is 0. The van der Waals surface area contributed by atoms with Gasteiger partial charge in [-0.1, -0.05) is 72.8 Å². The Labute approximate surface area is 158 Å². The van der Waals surface area contributed by atoms with Crippen molar-refractivity contribution in [2.75, 3.05) is 5.32 Å². The van der Waals surface area contributed by atoms with Crippen LogP contribution in [-0.2, 0) is 20.7 Å². The van der Waals surface area contributed by atoms with Crippen LogP contribution in [0, 0.1) is 0 Å². The highest BCUT2D eigenvalue weighted by atomic mass is 16.5. The van der Waals surface area contributed by atoms with Gasteiger partial charge in [-0.25, -0.2) is 0 Å². The number of carbonyl (C=O) groups excluding carboxylic acids is 2. The van der Waals surface area contributed by atoms with E-state index in [1.54, 1.807) is 12.1 Å². The predicted molar refractivity (Wildman–Crippen MR) is 105 cm³/mol. The van der Waals surface area contributed by atoms with Crippen LogP contribution in [0.3, 0.4) is 0 Å². The Balaban J connectivity index is 1.72. The van der Waals surface area contributed by atoms with Crippen molar-refractivity contribution in [1.29, 1.82) is 0 Å². The molecule has 0 unspecified atom stereocenters. The number of anilines is 1. The maximum absolute atomic E-state index is 12.5. The summed E-state index contributed by atoms with van der Waals surface area (Å²) in [5, 5.41) is 2.71. The van der Waals surface area contributed by atoms with Gasteiger partial charge in [-0.3, -0.25) is 9.59 Å². The molecule has 4 nitrogen and oxygen atoms in total. The fourth-order valence-corrected chi connectivity index (χ4v) is 2.83. The first-order valence-corrected chi connectivity index (χ1v) is 8.78. The maximum Gasteiger partial charge on any atom is 0.311 e. The van der Waals surface area contributed by atoms with E-state index in [2.05, 4.69) is 5.32 Å². The molecule has 0 aliphatic rings. The number of rotatable bonds is 6. The van der Waals surface area contributed by atoms with Crippen LogP contribution in [0.5, 0.6) is 0 Å². The highest BCUT2D eigenvalue weighted by Crippen LogP contribution is 2.26. The molecule has 0 spiro atoms. The van der Waals surface area contributed by atoms with E-state index < -0.39 is 6.10 Å². The number of carbonyl (C=O) groups is 2. The molecule has 1 N–H and O–H groups in total. The molecule has 0 radical (unpaired) electrons. The molecular formula is C23H21NO3. The Morgan fingerprint density at radius 3 is 1.81 bits per heavy atom. The second-order valence-corrected chi connectivity index (χ2v) is 6.25. The van der Waals surface area contributed by atoms with E-state index in [0.29, 0.717) is 5.69 Å². The molecule has 0 aliphatic carbocycles. The molecule has 0 heterocycles. The zero-order valence-corrected chi connectivity index (χ0v) is 15.1. The first kappa shape index (κ1) is 18.4. The maximum atomic E-state index is 12.5. The van der Waals surface area contributed by atoms with E-state index in [-0.39, 0.29) is 18.3 Å². The quantitative estimate of drug-likeness (QED) is 0.658. The molecule has 0 fully saturated rings. The Morgan fingerprint density at radius 2 is 1.33 bits per heavy atom. The Kier molecular flexibility index (Phi) is 6.00. The second-order valence-electron chi connectivity index (χ2n) is 6.25. The van der Waals surface area contributed by atoms with Crippen LogP contribution < -0.4 is 5.32 Å². The number of benzene rings is 3. The van der Waals surface area contributed by atoms with Gasteiger partial charge in [-0.15, -0.1) is 0 Å². The predicted octanol–water partition coefficient (Wildman–Crippen LogP) is 4.52. The molecule has 0 saturated carbocycles. The van der Waals surface area contributed by atoms with Crippen molar-refractivity contribution in [2.45, 2.75) is 19.4 Å². The van der Waals surface area contributed by atoms with Crippen molar-refractivity contribution in [1.82, 2.24) is 0 Å². The minimum atomic E-state index is -0.446. The van der Waals surface area contributed by atoms with Gasteiger partial charge in [-0.05, 0) is 28.8 Å². The standard InChI is InChI=1S/C23H21NO3/c1-17(25)24-21-14-12-18(13-15-21)16-22(26)27-23(19-8-4-2-5-9-19)20-10-6-3-7-11-20/h2-15,23H,16H2,1H3,(H,24,25). The lowest BCUT2D eigenvalue weighted by atomic mass is 10.0. The topological polar surface area (TPSA) is 55.4 Å². The van der Waals surface area contributed by atoms with Gasteiger partial charge >= 0.3 is 5.97 Å². The summed E-state index contributed by atoms with van der Waals surface area (Å²) in [4.78, 5) is 23.6. The molecule has 4 heteroatoms. The van der Waals surface area contributed by atoms with E-state index in [0.717, 1.165) is 16.7 Å². The molecule has 0 saturated heterocycles. The van der Waals surface area contributed by atoms with Crippen LogP contribution in [0.25, 0.3) is 0 Å². The molecule has 0 bridgehead atoms. The zero-order valence-electron chi connectivity index (χ0n) is 15.1.